The predicted octanol–water partition coefficient (Wildman–Crippen LogP) is 3.72. The fraction of sp³-hybridized carbons (Fsp3) is 0.333. The number of hydrogen-bond acceptors (Lipinski definition) is 9. The molecule has 11 nitrogen and oxygen atoms in total. The van der Waals surface area contributed by atoms with Gasteiger partial charge in [-0.3, -0.25) is 13.9 Å². The molecule has 1 amide bonds. The number of nitrogens with one attached hydrogen (secondary N) is 3. The maximum absolute atomic E-state index is 14.2. The van der Waals surface area contributed by atoms with E-state index in [9.17, 15) is 17.6 Å². The van der Waals surface area contributed by atoms with Gasteiger partial charge < -0.3 is 10.6 Å². The highest BCUT2D eigenvalue weighted by Gasteiger charge is 2.39. The molecular weight excluding hydrogens is 501 g/mol. The lowest BCUT2D eigenvalue weighted by atomic mass is 10.2. The molecule has 0 spiro atoms. The summed E-state index contributed by atoms with van der Waals surface area (Å²) in [6.07, 6.45) is 2.47. The number of benzene rings is 1. The number of carbonyl (C=O) groups is 1. The lowest BCUT2D eigenvalue weighted by Crippen LogP contribution is -2.30. The van der Waals surface area contributed by atoms with Crippen molar-refractivity contribution in [2.75, 3.05) is 28.6 Å². The third kappa shape index (κ3) is 6.12. The van der Waals surface area contributed by atoms with Gasteiger partial charge in [-0.15, -0.1) is 0 Å². The molecule has 3 N–H and O–H groups in total. The van der Waals surface area contributed by atoms with E-state index in [1.165, 1.54) is 25.4 Å². The second kappa shape index (κ2) is 10.6. The Balaban J connectivity index is 1.73. The van der Waals surface area contributed by atoms with Crippen molar-refractivity contribution >= 4 is 44.6 Å². The number of aryl methyl sites for hydroxylation is 2. The fourth-order valence-electron chi connectivity index (χ4n) is 3.66. The molecule has 1 aliphatic rings. The molecule has 1 fully saturated rings. The Kier molecular flexibility index (Phi) is 7.55. The van der Waals surface area contributed by atoms with Crippen molar-refractivity contribution < 1.29 is 22.4 Å². The van der Waals surface area contributed by atoms with Gasteiger partial charge in [0.25, 0.3) is 5.91 Å². The number of anilines is 5. The van der Waals surface area contributed by atoms with Crippen LogP contribution in [0.25, 0.3) is 0 Å². The number of hydroxylamine groups is 1. The summed E-state index contributed by atoms with van der Waals surface area (Å²) in [6, 6.07) is 7.06. The van der Waals surface area contributed by atoms with Gasteiger partial charge in [-0.2, -0.15) is 0 Å². The van der Waals surface area contributed by atoms with Crippen LogP contribution >= 0.6 is 0 Å². The zero-order chi connectivity index (χ0) is 26.7. The average Bonchev–Trinajstić information content (AvgIpc) is 3.69. The summed E-state index contributed by atoms with van der Waals surface area (Å²) in [5, 5.41) is 5.68. The minimum Gasteiger partial charge on any atom is -0.353 e. The van der Waals surface area contributed by atoms with E-state index in [1.807, 2.05) is 6.92 Å². The minimum absolute atomic E-state index is 0.108. The lowest BCUT2D eigenvalue weighted by molar-refractivity contribution is 0.0365. The van der Waals surface area contributed by atoms with Crippen molar-refractivity contribution in [3.63, 3.8) is 0 Å². The Labute approximate surface area is 214 Å². The molecule has 13 heteroatoms. The van der Waals surface area contributed by atoms with Crippen LogP contribution in [0, 0.1) is 19.7 Å². The fourth-order valence-corrected chi connectivity index (χ4v) is 5.26. The van der Waals surface area contributed by atoms with Gasteiger partial charge in [-0.1, -0.05) is 0 Å². The molecule has 0 bridgehead atoms. The molecule has 2 aromatic heterocycles. The Morgan fingerprint density at radius 2 is 1.86 bits per heavy atom. The van der Waals surface area contributed by atoms with E-state index in [0.717, 1.165) is 16.1 Å². The number of hydrogen-bond donors (Lipinski definition) is 3. The largest absolute Gasteiger partial charge is 0.353 e. The zero-order valence-corrected chi connectivity index (χ0v) is 21.7. The van der Waals surface area contributed by atoms with Crippen LogP contribution in [-0.4, -0.2) is 48.2 Å². The van der Waals surface area contributed by atoms with Gasteiger partial charge in [0, 0.05) is 37.1 Å². The van der Waals surface area contributed by atoms with Crippen molar-refractivity contribution in [2.45, 2.75) is 38.9 Å². The highest BCUT2D eigenvalue weighted by atomic mass is 32.2. The van der Waals surface area contributed by atoms with E-state index >= 15 is 0 Å². The van der Waals surface area contributed by atoms with Crippen LogP contribution in [0.4, 0.5) is 33.1 Å². The van der Waals surface area contributed by atoms with Gasteiger partial charge in [0.05, 0.1) is 34.5 Å². The van der Waals surface area contributed by atoms with Gasteiger partial charge in [0.1, 0.15) is 23.3 Å². The summed E-state index contributed by atoms with van der Waals surface area (Å²) in [5.74, 6) is 0.270. The van der Waals surface area contributed by atoms with Crippen molar-refractivity contribution in [2.24, 2.45) is 0 Å². The number of nitrogens with zero attached hydrogens (tertiary/aromatic N) is 4. The summed E-state index contributed by atoms with van der Waals surface area (Å²) in [5.41, 5.74) is 3.88. The Morgan fingerprint density at radius 3 is 2.54 bits per heavy atom. The van der Waals surface area contributed by atoms with Crippen molar-refractivity contribution in [1.82, 2.24) is 20.4 Å². The van der Waals surface area contributed by atoms with E-state index in [2.05, 4.69) is 31.1 Å². The number of rotatable bonds is 10. The Hall–Kier alpha value is -3.84. The molecule has 0 atom stereocenters. The first kappa shape index (κ1) is 26.2. The number of aromatic nitrogens is 3. The molecule has 37 heavy (non-hydrogen) atoms. The van der Waals surface area contributed by atoms with Gasteiger partial charge in [0.15, 0.2) is 0 Å². The second-order valence-corrected chi connectivity index (χ2v) is 10.8. The van der Waals surface area contributed by atoms with Crippen LogP contribution in [0.5, 0.6) is 0 Å². The molecule has 0 aliphatic heterocycles. The summed E-state index contributed by atoms with van der Waals surface area (Å²) >= 11 is 0. The normalized spacial score (nSPS) is 13.2. The highest BCUT2D eigenvalue weighted by molar-refractivity contribution is 7.93. The number of carbonyl (C=O) groups excluding carboxylic acids is 1. The van der Waals surface area contributed by atoms with E-state index < -0.39 is 27.0 Å². The molecule has 1 aromatic carbocycles. The standard InChI is InChI=1S/C24H28FN7O4S/c1-5-36-31-24(33)18-13-26-22(30-23-10-14(2)27-15(3)28-23)12-20(18)29-19-9-6-16(25)11-21(19)32(4)37(34,35)17-7-8-17/h6,9-13,17H,5,7-8H2,1-4H3,(H,31,33)(H2,26,27,28,29,30). The number of sulfonamides is 1. The SMILES string of the molecule is CCONC(=O)c1cnc(Nc2cc(C)nc(C)n2)cc1Nc1ccc(F)cc1N(C)S(=O)(=O)C1CC1. The second-order valence-electron chi connectivity index (χ2n) is 8.54. The van der Waals surface area contributed by atoms with Crippen LogP contribution in [0.2, 0.25) is 0 Å². The molecule has 2 heterocycles. The summed E-state index contributed by atoms with van der Waals surface area (Å²) in [7, 11) is -2.27. The first-order valence-corrected chi connectivity index (χ1v) is 13.1. The predicted molar refractivity (Wildman–Crippen MR) is 138 cm³/mol. The van der Waals surface area contributed by atoms with Gasteiger partial charge in [-0.25, -0.2) is 33.2 Å². The van der Waals surface area contributed by atoms with E-state index in [-0.39, 0.29) is 29.2 Å². The Bertz CT molecular complexity index is 1410. The summed E-state index contributed by atoms with van der Waals surface area (Å²) < 4.78 is 41.0. The summed E-state index contributed by atoms with van der Waals surface area (Å²) in [4.78, 5) is 30.7. The van der Waals surface area contributed by atoms with Crippen LogP contribution in [-0.2, 0) is 14.9 Å². The van der Waals surface area contributed by atoms with Gasteiger partial charge in [-0.05, 0) is 45.7 Å². The smallest absolute Gasteiger partial charge is 0.278 e. The molecule has 4 rings (SSSR count). The minimum atomic E-state index is -3.66. The molecule has 0 unspecified atom stereocenters. The van der Waals surface area contributed by atoms with E-state index in [0.29, 0.717) is 30.3 Å². The van der Waals surface area contributed by atoms with Crippen LogP contribution in [0.15, 0.2) is 36.5 Å². The van der Waals surface area contributed by atoms with Crippen LogP contribution in [0.1, 0.15) is 41.6 Å². The lowest BCUT2D eigenvalue weighted by Gasteiger charge is -2.23. The van der Waals surface area contributed by atoms with Crippen LogP contribution < -0.4 is 20.4 Å². The highest BCUT2D eigenvalue weighted by Crippen LogP contribution is 2.37. The molecule has 0 radical (unpaired) electrons. The number of pyridine rings is 1. The molecule has 1 saturated carbocycles. The van der Waals surface area contributed by atoms with Crippen molar-refractivity contribution in [3.8, 4) is 0 Å². The number of amides is 1. The van der Waals surface area contributed by atoms with Gasteiger partial charge >= 0.3 is 0 Å². The maximum atomic E-state index is 14.2. The van der Waals surface area contributed by atoms with Crippen molar-refractivity contribution in [1.29, 1.82) is 0 Å². The molecule has 3 aromatic rings. The van der Waals surface area contributed by atoms with E-state index in [1.54, 1.807) is 26.0 Å². The van der Waals surface area contributed by atoms with Crippen LogP contribution in [0.3, 0.4) is 0 Å². The quantitative estimate of drug-likeness (QED) is 0.335. The van der Waals surface area contributed by atoms with E-state index in [4.69, 9.17) is 4.84 Å². The third-order valence-electron chi connectivity index (χ3n) is 5.58. The molecular formula is C24H28FN7O4S. The zero-order valence-electron chi connectivity index (χ0n) is 20.9. The molecule has 196 valence electrons. The topological polar surface area (TPSA) is 138 Å². The maximum Gasteiger partial charge on any atom is 0.278 e. The molecule has 1 aliphatic carbocycles. The first-order valence-electron chi connectivity index (χ1n) is 11.6. The van der Waals surface area contributed by atoms with Gasteiger partial charge in [0.2, 0.25) is 10.0 Å². The monoisotopic (exact) mass is 529 g/mol. The molecule has 0 saturated heterocycles. The van der Waals surface area contributed by atoms with Crippen molar-refractivity contribution in [3.05, 3.63) is 59.4 Å². The average molecular weight is 530 g/mol. The number of halogens is 1. The Morgan fingerprint density at radius 1 is 1.11 bits per heavy atom. The third-order valence-corrected chi connectivity index (χ3v) is 7.85. The first-order chi connectivity index (χ1) is 17.6. The summed E-state index contributed by atoms with van der Waals surface area (Å²) in [6.45, 7) is 5.57.